The van der Waals surface area contributed by atoms with Crippen molar-refractivity contribution in [1.82, 2.24) is 5.32 Å². The molecular weight excluding hydrogens is 326 g/mol. The summed E-state index contributed by atoms with van der Waals surface area (Å²) in [6, 6.07) is 5.26. The monoisotopic (exact) mass is 339 g/mol. The molecule has 3 atom stereocenters. The molecule has 0 aromatic heterocycles. The van der Waals surface area contributed by atoms with Gasteiger partial charge in [-0.15, -0.1) is 0 Å². The molecule has 1 aromatic carbocycles. The van der Waals surface area contributed by atoms with Crippen molar-refractivity contribution in [3.8, 4) is 0 Å². The molecule has 1 aromatic rings. The van der Waals surface area contributed by atoms with Gasteiger partial charge in [-0.2, -0.15) is 0 Å². The lowest BCUT2D eigenvalue weighted by Crippen LogP contribution is -2.32. The summed E-state index contributed by atoms with van der Waals surface area (Å²) >= 11 is 3.15. The Morgan fingerprint density at radius 3 is 2.80 bits per heavy atom. The van der Waals surface area contributed by atoms with Crippen LogP contribution in [0.5, 0.6) is 0 Å². The van der Waals surface area contributed by atoms with Crippen LogP contribution >= 0.6 is 15.9 Å². The van der Waals surface area contributed by atoms with Gasteiger partial charge in [0.2, 0.25) is 5.91 Å². The Balaban J connectivity index is 1.70. The van der Waals surface area contributed by atoms with Crippen molar-refractivity contribution in [3.63, 3.8) is 0 Å². The maximum Gasteiger partial charge on any atom is 0.283 e. The highest BCUT2D eigenvalue weighted by Crippen LogP contribution is 2.34. The van der Waals surface area contributed by atoms with Crippen LogP contribution in [0.4, 0.5) is 11.4 Å². The van der Waals surface area contributed by atoms with E-state index in [0.29, 0.717) is 16.2 Å². The van der Waals surface area contributed by atoms with E-state index in [1.54, 1.807) is 12.1 Å². The first-order valence-corrected chi connectivity index (χ1v) is 7.35. The molecule has 3 rings (SSSR count). The van der Waals surface area contributed by atoms with Gasteiger partial charge in [-0.05, 0) is 47.3 Å². The number of nitro benzene ring substituents is 1. The Labute approximate surface area is 124 Å². The van der Waals surface area contributed by atoms with Crippen molar-refractivity contribution in [2.24, 2.45) is 5.92 Å². The second kappa shape index (κ2) is 5.14. The third kappa shape index (κ3) is 2.43. The summed E-state index contributed by atoms with van der Waals surface area (Å²) in [5.74, 6) is -0.00632. The number of amides is 1. The number of carbonyl (C=O) groups excluding carboxylic acids is 1. The zero-order chi connectivity index (χ0) is 14.3. The summed E-state index contributed by atoms with van der Waals surface area (Å²) in [6.45, 7) is 0. The lowest BCUT2D eigenvalue weighted by molar-refractivity contribution is -0.385. The second-order valence-corrected chi connectivity index (χ2v) is 6.16. The summed E-state index contributed by atoms with van der Waals surface area (Å²) in [6.07, 6.45) is 3.08. The number of nitrogens with one attached hydrogen (secondary N) is 2. The van der Waals surface area contributed by atoms with Gasteiger partial charge in [0.25, 0.3) is 5.69 Å². The number of halogens is 1. The maximum atomic E-state index is 12.2. The molecule has 2 N–H and O–H groups in total. The molecule has 2 heterocycles. The molecule has 20 heavy (non-hydrogen) atoms. The number of benzene rings is 1. The second-order valence-electron chi connectivity index (χ2n) is 5.30. The number of rotatable bonds is 3. The Morgan fingerprint density at radius 1 is 1.45 bits per heavy atom. The minimum Gasteiger partial charge on any atom is -0.326 e. The van der Waals surface area contributed by atoms with Crippen LogP contribution in [0.15, 0.2) is 22.7 Å². The molecule has 2 saturated heterocycles. The van der Waals surface area contributed by atoms with Crippen LogP contribution in [-0.4, -0.2) is 22.9 Å². The van der Waals surface area contributed by atoms with Gasteiger partial charge in [-0.25, -0.2) is 0 Å². The van der Waals surface area contributed by atoms with Crippen molar-refractivity contribution in [2.45, 2.75) is 31.3 Å². The summed E-state index contributed by atoms with van der Waals surface area (Å²) < 4.78 is 0.367. The van der Waals surface area contributed by atoms with Gasteiger partial charge in [0.1, 0.15) is 0 Å². The summed E-state index contributed by atoms with van der Waals surface area (Å²) in [4.78, 5) is 22.5. The Hall–Kier alpha value is -1.47. The lowest BCUT2D eigenvalue weighted by Gasteiger charge is -2.19. The van der Waals surface area contributed by atoms with Gasteiger partial charge in [0.15, 0.2) is 0 Å². The fraction of sp³-hybridized carbons (Fsp3) is 0.462. The highest BCUT2D eigenvalue weighted by molar-refractivity contribution is 9.10. The van der Waals surface area contributed by atoms with Crippen molar-refractivity contribution in [2.75, 3.05) is 5.32 Å². The average Bonchev–Trinajstić information content (AvgIpc) is 3.00. The molecule has 1 amide bonds. The fourth-order valence-electron chi connectivity index (χ4n) is 3.08. The summed E-state index contributed by atoms with van der Waals surface area (Å²) in [5, 5.41) is 17.0. The van der Waals surface area contributed by atoms with Gasteiger partial charge in [-0.3, -0.25) is 14.9 Å². The van der Waals surface area contributed by atoms with Crippen LogP contribution in [0.2, 0.25) is 0 Å². The number of hydrogen-bond acceptors (Lipinski definition) is 4. The first-order valence-electron chi connectivity index (χ1n) is 6.55. The SMILES string of the molecule is O=C(Nc1ccc([N+](=O)[O-])c(Br)c1)C1CC2CCC1N2. The zero-order valence-electron chi connectivity index (χ0n) is 10.6. The van der Waals surface area contributed by atoms with Crippen LogP contribution in [0, 0.1) is 16.0 Å². The number of fused-ring (bicyclic) bond motifs is 2. The topological polar surface area (TPSA) is 84.3 Å². The van der Waals surface area contributed by atoms with Gasteiger partial charge in [-0.1, -0.05) is 0 Å². The number of carbonyl (C=O) groups is 1. The molecule has 0 spiro atoms. The summed E-state index contributed by atoms with van der Waals surface area (Å²) in [5.41, 5.74) is 0.569. The Morgan fingerprint density at radius 2 is 2.25 bits per heavy atom. The highest BCUT2D eigenvalue weighted by Gasteiger charge is 2.42. The quantitative estimate of drug-likeness (QED) is 0.654. The standard InChI is InChI=1S/C13H14BrN3O3/c14-10-6-8(2-4-12(10)17(19)20)16-13(18)9-5-7-1-3-11(9)15-7/h2,4,6-7,9,11,15H,1,3,5H2,(H,16,18). The molecule has 0 radical (unpaired) electrons. The van der Waals surface area contributed by atoms with E-state index in [9.17, 15) is 14.9 Å². The van der Waals surface area contributed by atoms with Crippen molar-refractivity contribution in [1.29, 1.82) is 0 Å². The van der Waals surface area contributed by atoms with E-state index in [1.165, 1.54) is 6.07 Å². The van der Waals surface area contributed by atoms with Gasteiger partial charge < -0.3 is 10.6 Å². The first kappa shape index (κ1) is 13.5. The Bertz CT molecular complexity index is 578. The van der Waals surface area contributed by atoms with E-state index in [1.807, 2.05) is 0 Å². The smallest absolute Gasteiger partial charge is 0.283 e. The number of nitro groups is 1. The number of hydrogen-bond donors (Lipinski definition) is 2. The van der Waals surface area contributed by atoms with E-state index in [4.69, 9.17) is 0 Å². The summed E-state index contributed by atoms with van der Waals surface area (Å²) in [7, 11) is 0. The maximum absolute atomic E-state index is 12.2. The predicted octanol–water partition coefficient (Wildman–Crippen LogP) is 2.44. The van der Waals surface area contributed by atoms with Crippen LogP contribution < -0.4 is 10.6 Å². The molecule has 0 aliphatic carbocycles. The van der Waals surface area contributed by atoms with E-state index in [2.05, 4.69) is 26.6 Å². The third-order valence-corrected chi connectivity index (χ3v) is 4.68. The Kier molecular flexibility index (Phi) is 3.47. The first-order chi connectivity index (χ1) is 9.54. The van der Waals surface area contributed by atoms with Gasteiger partial charge >= 0.3 is 0 Å². The minimum atomic E-state index is -0.463. The minimum absolute atomic E-state index is 0.00252. The largest absolute Gasteiger partial charge is 0.326 e. The molecule has 2 aliphatic rings. The van der Waals surface area contributed by atoms with Crippen LogP contribution in [-0.2, 0) is 4.79 Å². The predicted molar refractivity (Wildman–Crippen MR) is 77.5 cm³/mol. The lowest BCUT2D eigenvalue weighted by atomic mass is 9.88. The van der Waals surface area contributed by atoms with Crippen LogP contribution in [0.25, 0.3) is 0 Å². The third-order valence-electron chi connectivity index (χ3n) is 4.05. The van der Waals surface area contributed by atoms with E-state index in [0.717, 1.165) is 19.3 Å². The van der Waals surface area contributed by atoms with E-state index in [-0.39, 0.29) is 23.6 Å². The molecule has 2 aliphatic heterocycles. The molecule has 6 nitrogen and oxygen atoms in total. The molecule has 2 bridgehead atoms. The van der Waals surface area contributed by atoms with Crippen LogP contribution in [0.1, 0.15) is 19.3 Å². The number of nitrogens with zero attached hydrogens (tertiary/aromatic N) is 1. The van der Waals surface area contributed by atoms with Crippen LogP contribution in [0.3, 0.4) is 0 Å². The average molecular weight is 340 g/mol. The molecule has 7 heteroatoms. The highest BCUT2D eigenvalue weighted by atomic mass is 79.9. The van der Waals surface area contributed by atoms with Crippen molar-refractivity contribution >= 4 is 33.2 Å². The van der Waals surface area contributed by atoms with Crippen molar-refractivity contribution in [3.05, 3.63) is 32.8 Å². The normalized spacial score (nSPS) is 27.6. The molecule has 0 saturated carbocycles. The van der Waals surface area contributed by atoms with Crippen molar-refractivity contribution < 1.29 is 9.72 Å². The molecule has 106 valence electrons. The zero-order valence-corrected chi connectivity index (χ0v) is 12.2. The van der Waals surface area contributed by atoms with Gasteiger partial charge in [0, 0.05) is 23.8 Å². The molecule has 2 fully saturated rings. The van der Waals surface area contributed by atoms with Gasteiger partial charge in [0.05, 0.1) is 15.3 Å². The molecule has 3 unspecified atom stereocenters. The molecular formula is C13H14BrN3O3. The van der Waals surface area contributed by atoms with E-state index >= 15 is 0 Å². The number of anilines is 1. The van der Waals surface area contributed by atoms with E-state index < -0.39 is 4.92 Å². The fourth-order valence-corrected chi connectivity index (χ4v) is 3.61.